The third-order valence-corrected chi connectivity index (χ3v) is 3.16. The molecule has 0 saturated carbocycles. The number of ketones is 1. The van der Waals surface area contributed by atoms with Crippen molar-refractivity contribution in [3.63, 3.8) is 0 Å². The maximum atomic E-state index is 12.2. The summed E-state index contributed by atoms with van der Waals surface area (Å²) >= 11 is 0. The Hall–Kier alpha value is -1.61. The Morgan fingerprint density at radius 2 is 2.06 bits per heavy atom. The van der Waals surface area contributed by atoms with Crippen molar-refractivity contribution in [3.8, 4) is 0 Å². The van der Waals surface area contributed by atoms with Crippen molar-refractivity contribution in [2.24, 2.45) is 0 Å². The standard InChI is InChI=1S/C14H18N2O/c1-10(2)16(3)9-14(17)12-8-15-13-7-5-4-6-11(12)13/h4-8,10,15H,9H2,1-3H3. The van der Waals surface area contributed by atoms with Gasteiger partial charge < -0.3 is 4.98 Å². The van der Waals surface area contributed by atoms with Crippen LogP contribution in [-0.2, 0) is 0 Å². The molecule has 0 fully saturated rings. The number of benzene rings is 1. The van der Waals surface area contributed by atoms with Gasteiger partial charge in [-0.3, -0.25) is 9.69 Å². The number of carbonyl (C=O) groups excluding carboxylic acids is 1. The zero-order valence-corrected chi connectivity index (χ0v) is 10.5. The van der Waals surface area contributed by atoms with Crippen LogP contribution in [0, 0.1) is 0 Å². The lowest BCUT2D eigenvalue weighted by atomic mass is 10.1. The van der Waals surface area contributed by atoms with Crippen LogP contribution in [0.5, 0.6) is 0 Å². The minimum absolute atomic E-state index is 0.165. The lowest BCUT2D eigenvalue weighted by Gasteiger charge is -2.19. The highest BCUT2D eigenvalue weighted by Gasteiger charge is 2.14. The summed E-state index contributed by atoms with van der Waals surface area (Å²) in [6, 6.07) is 8.27. The Bertz CT molecular complexity index is 528. The van der Waals surface area contributed by atoms with Crippen LogP contribution in [0.15, 0.2) is 30.5 Å². The number of hydrogen-bond donors (Lipinski definition) is 1. The molecule has 3 heteroatoms. The second-order valence-corrected chi connectivity index (χ2v) is 4.68. The van der Waals surface area contributed by atoms with Crippen LogP contribution in [0.25, 0.3) is 10.9 Å². The summed E-state index contributed by atoms with van der Waals surface area (Å²) in [5.74, 6) is 0.165. The van der Waals surface area contributed by atoms with E-state index in [1.807, 2.05) is 36.2 Å². The van der Waals surface area contributed by atoms with E-state index in [0.717, 1.165) is 16.5 Å². The molecule has 1 aromatic heterocycles. The number of H-pyrrole nitrogens is 1. The van der Waals surface area contributed by atoms with Gasteiger partial charge >= 0.3 is 0 Å². The van der Waals surface area contributed by atoms with Gasteiger partial charge in [0.25, 0.3) is 0 Å². The predicted molar refractivity (Wildman–Crippen MR) is 70.4 cm³/mol. The van der Waals surface area contributed by atoms with E-state index < -0.39 is 0 Å². The molecule has 0 radical (unpaired) electrons. The molecule has 1 N–H and O–H groups in total. The topological polar surface area (TPSA) is 36.1 Å². The van der Waals surface area contributed by atoms with E-state index in [4.69, 9.17) is 0 Å². The van der Waals surface area contributed by atoms with E-state index in [1.165, 1.54) is 0 Å². The smallest absolute Gasteiger partial charge is 0.178 e. The molecule has 0 atom stereocenters. The monoisotopic (exact) mass is 230 g/mol. The summed E-state index contributed by atoms with van der Waals surface area (Å²) in [5.41, 5.74) is 1.80. The predicted octanol–water partition coefficient (Wildman–Crippen LogP) is 2.69. The van der Waals surface area contributed by atoms with Crippen molar-refractivity contribution in [2.75, 3.05) is 13.6 Å². The highest BCUT2D eigenvalue weighted by Crippen LogP contribution is 2.18. The first kappa shape index (κ1) is 11.9. The van der Waals surface area contributed by atoms with Gasteiger partial charge in [0, 0.05) is 28.7 Å². The second-order valence-electron chi connectivity index (χ2n) is 4.68. The van der Waals surface area contributed by atoms with Crippen molar-refractivity contribution in [1.82, 2.24) is 9.88 Å². The molecule has 0 unspecified atom stereocenters. The van der Waals surface area contributed by atoms with Gasteiger partial charge in [-0.25, -0.2) is 0 Å². The lowest BCUT2D eigenvalue weighted by Crippen LogP contribution is -2.31. The van der Waals surface area contributed by atoms with E-state index in [1.54, 1.807) is 6.20 Å². The fraction of sp³-hybridized carbons (Fsp3) is 0.357. The van der Waals surface area contributed by atoms with Gasteiger partial charge in [0.15, 0.2) is 5.78 Å². The van der Waals surface area contributed by atoms with Gasteiger partial charge in [0.05, 0.1) is 6.54 Å². The van der Waals surface area contributed by atoms with Crippen molar-refractivity contribution >= 4 is 16.7 Å². The van der Waals surface area contributed by atoms with Crippen LogP contribution in [0.1, 0.15) is 24.2 Å². The molecular formula is C14H18N2O. The molecule has 1 heterocycles. The van der Waals surface area contributed by atoms with Crippen molar-refractivity contribution in [2.45, 2.75) is 19.9 Å². The van der Waals surface area contributed by atoms with E-state index in [2.05, 4.69) is 18.8 Å². The van der Waals surface area contributed by atoms with E-state index in [9.17, 15) is 4.79 Å². The van der Waals surface area contributed by atoms with Crippen LogP contribution < -0.4 is 0 Å². The number of likely N-dealkylation sites (N-methyl/N-ethyl adjacent to an activating group) is 1. The average Bonchev–Trinajstić information content (AvgIpc) is 2.72. The molecular weight excluding hydrogens is 212 g/mol. The van der Waals surface area contributed by atoms with Crippen molar-refractivity contribution in [3.05, 3.63) is 36.0 Å². The molecule has 0 aliphatic rings. The number of fused-ring (bicyclic) bond motifs is 1. The Balaban J connectivity index is 2.25. The minimum Gasteiger partial charge on any atom is -0.360 e. The molecule has 0 bridgehead atoms. The Labute approximate surface area is 101 Å². The number of rotatable bonds is 4. The summed E-state index contributed by atoms with van der Waals surface area (Å²) in [6.07, 6.45) is 1.81. The van der Waals surface area contributed by atoms with Gasteiger partial charge in [-0.1, -0.05) is 18.2 Å². The molecule has 0 amide bonds. The molecule has 0 aliphatic carbocycles. The quantitative estimate of drug-likeness (QED) is 0.820. The molecule has 0 spiro atoms. The highest BCUT2D eigenvalue weighted by molar-refractivity contribution is 6.08. The third-order valence-electron chi connectivity index (χ3n) is 3.16. The normalized spacial score (nSPS) is 11.6. The molecule has 1 aromatic carbocycles. The van der Waals surface area contributed by atoms with Gasteiger partial charge in [0.1, 0.15) is 0 Å². The largest absolute Gasteiger partial charge is 0.360 e. The summed E-state index contributed by atoms with van der Waals surface area (Å²) in [7, 11) is 1.97. The first-order chi connectivity index (χ1) is 8.09. The van der Waals surface area contributed by atoms with Gasteiger partial charge in [-0.15, -0.1) is 0 Å². The van der Waals surface area contributed by atoms with E-state index in [-0.39, 0.29) is 5.78 Å². The Morgan fingerprint density at radius 3 is 2.76 bits per heavy atom. The van der Waals surface area contributed by atoms with Crippen LogP contribution in [-0.4, -0.2) is 35.3 Å². The summed E-state index contributed by atoms with van der Waals surface area (Å²) in [5, 5.41) is 1.01. The number of nitrogens with one attached hydrogen (secondary N) is 1. The molecule has 2 aromatic rings. The Kier molecular flexibility index (Phi) is 3.29. The summed E-state index contributed by atoms with van der Waals surface area (Å²) < 4.78 is 0. The zero-order valence-electron chi connectivity index (χ0n) is 10.5. The zero-order chi connectivity index (χ0) is 12.4. The maximum Gasteiger partial charge on any atom is 0.178 e. The van der Waals surface area contributed by atoms with E-state index >= 15 is 0 Å². The second kappa shape index (κ2) is 4.72. The minimum atomic E-state index is 0.165. The summed E-state index contributed by atoms with van der Waals surface area (Å²) in [6.45, 7) is 4.63. The number of para-hydroxylation sites is 1. The molecule has 17 heavy (non-hydrogen) atoms. The van der Waals surface area contributed by atoms with Crippen molar-refractivity contribution in [1.29, 1.82) is 0 Å². The molecule has 2 rings (SSSR count). The molecule has 0 aliphatic heterocycles. The number of carbonyl (C=O) groups is 1. The van der Waals surface area contributed by atoms with Gasteiger partial charge in [-0.2, -0.15) is 0 Å². The average molecular weight is 230 g/mol. The van der Waals surface area contributed by atoms with Gasteiger partial charge in [0.2, 0.25) is 0 Å². The first-order valence-electron chi connectivity index (χ1n) is 5.89. The SMILES string of the molecule is CC(C)N(C)CC(=O)c1c[nH]c2ccccc12. The van der Waals surface area contributed by atoms with Gasteiger partial charge in [-0.05, 0) is 27.0 Å². The first-order valence-corrected chi connectivity index (χ1v) is 5.89. The molecule has 90 valence electrons. The lowest BCUT2D eigenvalue weighted by molar-refractivity contribution is 0.0931. The number of aromatic amines is 1. The van der Waals surface area contributed by atoms with Crippen molar-refractivity contribution < 1.29 is 4.79 Å². The molecule has 0 saturated heterocycles. The fourth-order valence-electron chi connectivity index (χ4n) is 1.80. The molecule has 3 nitrogen and oxygen atoms in total. The van der Waals surface area contributed by atoms with Crippen LogP contribution in [0.2, 0.25) is 0 Å². The number of Topliss-reactive ketones (excluding diaryl/α,β-unsaturated/α-hetero) is 1. The van der Waals surface area contributed by atoms with E-state index in [0.29, 0.717) is 12.6 Å². The highest BCUT2D eigenvalue weighted by atomic mass is 16.1. The van der Waals surface area contributed by atoms with Crippen LogP contribution >= 0.6 is 0 Å². The number of hydrogen-bond acceptors (Lipinski definition) is 2. The number of nitrogens with zero attached hydrogens (tertiary/aromatic N) is 1. The van der Waals surface area contributed by atoms with Crippen LogP contribution in [0.3, 0.4) is 0 Å². The van der Waals surface area contributed by atoms with Crippen LogP contribution in [0.4, 0.5) is 0 Å². The number of aromatic nitrogens is 1. The Morgan fingerprint density at radius 1 is 1.35 bits per heavy atom. The fourth-order valence-corrected chi connectivity index (χ4v) is 1.80. The summed E-state index contributed by atoms with van der Waals surface area (Å²) in [4.78, 5) is 17.4. The third kappa shape index (κ3) is 2.39. The maximum absolute atomic E-state index is 12.2.